The molecule has 0 bridgehead atoms. The standard InChI is InChI=1S/C23H23ClN8O3/c1-30-19(33)11-32(23(30)35)17-6-14(12-2-3-12)9-31-10-15(26-21(17)31)8-25-16-7-18(28-29-20(16)24)27-22(34)13-4-5-13/h6-7,9-10,12-13H,2-5,8,11H2,1H3,(H2,25,27,28,34). The number of hydrogen-bond donors (Lipinski definition) is 2. The summed E-state index contributed by atoms with van der Waals surface area (Å²) in [5, 5.41) is 14.0. The minimum Gasteiger partial charge on any atom is -0.377 e. The fourth-order valence-corrected chi connectivity index (χ4v) is 4.34. The van der Waals surface area contributed by atoms with Gasteiger partial charge < -0.3 is 15.0 Å². The van der Waals surface area contributed by atoms with Crippen molar-refractivity contribution in [3.63, 3.8) is 0 Å². The van der Waals surface area contributed by atoms with Crippen LogP contribution < -0.4 is 15.5 Å². The largest absolute Gasteiger partial charge is 0.377 e. The number of pyridine rings is 1. The number of hydrogen-bond acceptors (Lipinski definition) is 7. The topological polar surface area (TPSA) is 125 Å². The van der Waals surface area contributed by atoms with E-state index in [-0.39, 0.29) is 35.5 Å². The molecule has 3 aliphatic rings. The van der Waals surface area contributed by atoms with Crippen molar-refractivity contribution in [1.82, 2.24) is 24.5 Å². The Bertz CT molecular complexity index is 1380. The van der Waals surface area contributed by atoms with Crippen molar-refractivity contribution in [2.45, 2.75) is 38.1 Å². The van der Waals surface area contributed by atoms with Gasteiger partial charge in [-0.2, -0.15) is 0 Å². The van der Waals surface area contributed by atoms with Crippen molar-refractivity contribution in [2.75, 3.05) is 29.1 Å². The molecule has 4 heterocycles. The maximum absolute atomic E-state index is 12.7. The summed E-state index contributed by atoms with van der Waals surface area (Å²) in [4.78, 5) is 44.2. The molecule has 1 aliphatic heterocycles. The summed E-state index contributed by atoms with van der Waals surface area (Å²) in [5.41, 5.74) is 3.57. The van der Waals surface area contributed by atoms with Crippen molar-refractivity contribution in [3.05, 3.63) is 40.9 Å². The van der Waals surface area contributed by atoms with E-state index in [1.54, 1.807) is 6.07 Å². The van der Waals surface area contributed by atoms with E-state index in [0.717, 1.165) is 36.1 Å². The number of fused-ring (bicyclic) bond motifs is 1. The third-order valence-electron chi connectivity index (χ3n) is 6.54. The molecule has 3 aromatic heterocycles. The lowest BCUT2D eigenvalue weighted by atomic mass is 10.1. The Balaban J connectivity index is 1.27. The second-order valence-corrected chi connectivity index (χ2v) is 9.63. The summed E-state index contributed by atoms with van der Waals surface area (Å²) in [5.74, 6) is 0.533. The number of nitrogens with one attached hydrogen (secondary N) is 2. The fraction of sp³-hybridized carbons (Fsp3) is 0.391. The van der Waals surface area contributed by atoms with Gasteiger partial charge in [0, 0.05) is 31.4 Å². The van der Waals surface area contributed by atoms with Crippen LogP contribution in [0.3, 0.4) is 0 Å². The van der Waals surface area contributed by atoms with Crippen LogP contribution in [0.5, 0.6) is 0 Å². The molecular formula is C23H23ClN8O3. The van der Waals surface area contributed by atoms with Crippen LogP contribution in [-0.2, 0) is 16.1 Å². The lowest BCUT2D eigenvalue weighted by Gasteiger charge is -2.17. The van der Waals surface area contributed by atoms with E-state index < -0.39 is 0 Å². The van der Waals surface area contributed by atoms with E-state index in [9.17, 15) is 14.4 Å². The van der Waals surface area contributed by atoms with Crippen LogP contribution in [0.2, 0.25) is 5.15 Å². The quantitative estimate of drug-likeness (QED) is 0.483. The molecule has 0 radical (unpaired) electrons. The molecule has 1 saturated heterocycles. The van der Waals surface area contributed by atoms with Crippen molar-refractivity contribution >= 4 is 52.3 Å². The van der Waals surface area contributed by atoms with Gasteiger partial charge in [0.15, 0.2) is 16.6 Å². The summed E-state index contributed by atoms with van der Waals surface area (Å²) < 4.78 is 1.91. The lowest BCUT2D eigenvalue weighted by Crippen LogP contribution is -2.30. The van der Waals surface area contributed by atoms with Crippen LogP contribution in [0.25, 0.3) is 5.65 Å². The summed E-state index contributed by atoms with van der Waals surface area (Å²) in [6.07, 6.45) is 7.92. The predicted molar refractivity (Wildman–Crippen MR) is 128 cm³/mol. The Kier molecular flexibility index (Phi) is 5.10. The molecular weight excluding hydrogens is 472 g/mol. The van der Waals surface area contributed by atoms with Crippen molar-refractivity contribution in [1.29, 1.82) is 0 Å². The zero-order valence-corrected chi connectivity index (χ0v) is 19.7. The van der Waals surface area contributed by atoms with Gasteiger partial charge in [0.2, 0.25) is 11.8 Å². The minimum atomic E-state index is -0.358. The molecule has 4 amide bonds. The van der Waals surface area contributed by atoms with Gasteiger partial charge in [0.1, 0.15) is 6.54 Å². The Morgan fingerprint density at radius 3 is 2.63 bits per heavy atom. The maximum Gasteiger partial charge on any atom is 0.331 e. The number of urea groups is 1. The predicted octanol–water partition coefficient (Wildman–Crippen LogP) is 3.01. The van der Waals surface area contributed by atoms with Gasteiger partial charge in [-0.3, -0.25) is 19.4 Å². The minimum absolute atomic E-state index is 0.00674. The maximum atomic E-state index is 12.7. The molecule has 2 aliphatic carbocycles. The zero-order chi connectivity index (χ0) is 24.3. The monoisotopic (exact) mass is 494 g/mol. The molecule has 180 valence electrons. The number of nitrogens with zero attached hydrogens (tertiary/aromatic N) is 6. The van der Waals surface area contributed by atoms with E-state index in [0.29, 0.717) is 41.0 Å². The SMILES string of the molecule is CN1C(=O)CN(c2cc(C3CC3)cn3cc(CNc4cc(NC(=O)C5CC5)nnc4Cl)nc23)C1=O. The number of carbonyl (C=O) groups excluding carboxylic acids is 3. The number of likely N-dealkylation sites (N-methyl/N-ethyl adjacent to an activating group) is 1. The molecule has 35 heavy (non-hydrogen) atoms. The first-order chi connectivity index (χ1) is 16.9. The number of aromatic nitrogens is 4. The molecule has 3 fully saturated rings. The van der Waals surface area contributed by atoms with Gasteiger partial charge in [0.05, 0.1) is 23.6 Å². The first kappa shape index (κ1) is 21.8. The average Bonchev–Trinajstić information content (AvgIpc) is 3.77. The molecule has 2 N–H and O–H groups in total. The second kappa shape index (κ2) is 8.19. The molecule has 0 aromatic carbocycles. The lowest BCUT2D eigenvalue weighted by molar-refractivity contribution is -0.124. The van der Waals surface area contributed by atoms with Gasteiger partial charge >= 0.3 is 6.03 Å². The smallest absolute Gasteiger partial charge is 0.331 e. The number of rotatable bonds is 7. The second-order valence-electron chi connectivity index (χ2n) is 9.27. The third kappa shape index (κ3) is 4.16. The highest BCUT2D eigenvalue weighted by atomic mass is 35.5. The average molecular weight is 495 g/mol. The molecule has 0 unspecified atom stereocenters. The highest BCUT2D eigenvalue weighted by molar-refractivity contribution is 6.32. The molecule has 0 atom stereocenters. The summed E-state index contributed by atoms with van der Waals surface area (Å²) in [7, 11) is 1.49. The first-order valence-electron chi connectivity index (χ1n) is 11.5. The number of amides is 4. The molecule has 3 aromatic rings. The van der Waals surface area contributed by atoms with Crippen LogP contribution in [0.15, 0.2) is 24.5 Å². The molecule has 2 saturated carbocycles. The van der Waals surface area contributed by atoms with Crippen LogP contribution >= 0.6 is 11.6 Å². The first-order valence-corrected chi connectivity index (χ1v) is 11.9. The van der Waals surface area contributed by atoms with Crippen LogP contribution in [-0.4, -0.2) is 55.9 Å². The van der Waals surface area contributed by atoms with Crippen LogP contribution in [0, 0.1) is 5.92 Å². The molecule has 0 spiro atoms. The van der Waals surface area contributed by atoms with E-state index in [2.05, 4.69) is 20.8 Å². The van der Waals surface area contributed by atoms with E-state index in [1.165, 1.54) is 11.9 Å². The fourth-order valence-electron chi connectivity index (χ4n) is 4.18. The normalized spacial score (nSPS) is 18.0. The number of imide groups is 1. The van der Waals surface area contributed by atoms with E-state index in [1.807, 2.05) is 22.9 Å². The summed E-state index contributed by atoms with van der Waals surface area (Å²) in [6.45, 7) is 0.321. The summed E-state index contributed by atoms with van der Waals surface area (Å²) in [6, 6.07) is 3.26. The Hall–Kier alpha value is -3.73. The number of halogens is 1. The molecule has 11 nitrogen and oxygen atoms in total. The van der Waals surface area contributed by atoms with Crippen molar-refractivity contribution < 1.29 is 14.4 Å². The zero-order valence-electron chi connectivity index (χ0n) is 19.0. The van der Waals surface area contributed by atoms with Gasteiger partial charge in [-0.05, 0) is 43.2 Å². The van der Waals surface area contributed by atoms with Crippen LogP contribution in [0.4, 0.5) is 22.0 Å². The summed E-state index contributed by atoms with van der Waals surface area (Å²) >= 11 is 6.21. The third-order valence-corrected chi connectivity index (χ3v) is 6.82. The van der Waals surface area contributed by atoms with Crippen LogP contribution in [0.1, 0.15) is 42.9 Å². The number of anilines is 3. The Morgan fingerprint density at radius 2 is 1.94 bits per heavy atom. The number of imidazole rings is 1. The van der Waals surface area contributed by atoms with Gasteiger partial charge in [-0.25, -0.2) is 9.78 Å². The van der Waals surface area contributed by atoms with Gasteiger partial charge in [0.25, 0.3) is 0 Å². The van der Waals surface area contributed by atoms with Crippen molar-refractivity contribution in [2.24, 2.45) is 5.92 Å². The Morgan fingerprint density at radius 1 is 1.14 bits per heavy atom. The van der Waals surface area contributed by atoms with Gasteiger partial charge in [-0.15, -0.1) is 10.2 Å². The molecule has 12 heteroatoms. The van der Waals surface area contributed by atoms with E-state index in [4.69, 9.17) is 16.6 Å². The Labute approximate surface area is 205 Å². The van der Waals surface area contributed by atoms with E-state index >= 15 is 0 Å². The highest BCUT2D eigenvalue weighted by Gasteiger charge is 2.36. The molecule has 6 rings (SSSR count). The van der Waals surface area contributed by atoms with Gasteiger partial charge in [-0.1, -0.05) is 11.6 Å². The number of carbonyl (C=O) groups is 3. The van der Waals surface area contributed by atoms with Crippen molar-refractivity contribution in [3.8, 4) is 0 Å². The highest BCUT2D eigenvalue weighted by Crippen LogP contribution is 2.42.